The molecule has 0 bridgehead atoms. The Kier molecular flexibility index (Phi) is 1.69. The monoisotopic (exact) mass is 147 g/mol. The lowest BCUT2D eigenvalue weighted by molar-refractivity contribution is 0.440. The van der Waals surface area contributed by atoms with Crippen LogP contribution in [0.25, 0.3) is 6.08 Å². The molecule has 1 saturated heterocycles. The molecule has 2 nitrogen and oxygen atoms in total. The summed E-state index contributed by atoms with van der Waals surface area (Å²) in [4.78, 5) is 4.14. The average molecular weight is 147 g/mol. The van der Waals surface area contributed by atoms with Crippen LogP contribution in [0, 0.1) is 0 Å². The first-order valence-corrected chi connectivity index (χ1v) is 3.66. The van der Waals surface area contributed by atoms with E-state index in [9.17, 15) is 0 Å². The molecule has 1 atom stereocenters. The number of aromatic nitrogens is 1. The van der Waals surface area contributed by atoms with Crippen LogP contribution < -0.4 is 0 Å². The van der Waals surface area contributed by atoms with Crippen molar-refractivity contribution in [3.63, 3.8) is 0 Å². The van der Waals surface area contributed by atoms with E-state index < -0.39 is 0 Å². The first kappa shape index (κ1) is 6.55. The van der Waals surface area contributed by atoms with Gasteiger partial charge in [0, 0.05) is 6.20 Å². The van der Waals surface area contributed by atoms with Crippen LogP contribution >= 0.6 is 0 Å². The van der Waals surface area contributed by atoms with Crippen molar-refractivity contribution < 1.29 is 4.74 Å². The fourth-order valence-electron chi connectivity index (χ4n) is 0.847. The molecule has 1 fully saturated rings. The van der Waals surface area contributed by atoms with E-state index in [0.29, 0.717) is 6.10 Å². The second-order valence-corrected chi connectivity index (χ2v) is 2.49. The quantitative estimate of drug-likeness (QED) is 0.592. The van der Waals surface area contributed by atoms with Gasteiger partial charge in [-0.3, -0.25) is 4.98 Å². The fraction of sp³-hybridized carbons (Fsp3) is 0.222. The zero-order chi connectivity index (χ0) is 7.52. The van der Waals surface area contributed by atoms with Crippen LogP contribution in [0.5, 0.6) is 0 Å². The van der Waals surface area contributed by atoms with Crippen LogP contribution in [0.4, 0.5) is 0 Å². The van der Waals surface area contributed by atoms with E-state index in [2.05, 4.69) is 4.98 Å². The Morgan fingerprint density at radius 2 is 2.45 bits per heavy atom. The molecule has 0 spiro atoms. The van der Waals surface area contributed by atoms with E-state index in [-0.39, 0.29) is 0 Å². The fourth-order valence-corrected chi connectivity index (χ4v) is 0.847. The molecular weight excluding hydrogens is 138 g/mol. The normalized spacial score (nSPS) is 22.4. The molecule has 0 radical (unpaired) electrons. The summed E-state index contributed by atoms with van der Waals surface area (Å²) < 4.78 is 5.02. The molecule has 0 saturated carbocycles. The average Bonchev–Trinajstić information content (AvgIpc) is 2.86. The van der Waals surface area contributed by atoms with E-state index in [1.54, 1.807) is 6.20 Å². The largest absolute Gasteiger partial charge is 0.369 e. The first-order chi connectivity index (χ1) is 5.45. The Bertz CT molecular complexity index is 252. The van der Waals surface area contributed by atoms with Crippen molar-refractivity contribution in [2.45, 2.75) is 6.10 Å². The summed E-state index contributed by atoms with van der Waals surface area (Å²) in [6.07, 6.45) is 6.14. The summed E-state index contributed by atoms with van der Waals surface area (Å²) in [6, 6.07) is 5.85. The number of ether oxygens (including phenoxy) is 1. The van der Waals surface area contributed by atoms with Gasteiger partial charge in [-0.25, -0.2) is 0 Å². The van der Waals surface area contributed by atoms with E-state index in [1.165, 1.54) is 0 Å². The summed E-state index contributed by atoms with van der Waals surface area (Å²) in [7, 11) is 0. The van der Waals surface area contributed by atoms with Gasteiger partial charge in [0.2, 0.25) is 0 Å². The summed E-state index contributed by atoms with van der Waals surface area (Å²) >= 11 is 0. The van der Waals surface area contributed by atoms with Crippen molar-refractivity contribution >= 4 is 6.08 Å². The van der Waals surface area contributed by atoms with Gasteiger partial charge in [-0.2, -0.15) is 0 Å². The predicted molar refractivity (Wildman–Crippen MR) is 43.0 cm³/mol. The van der Waals surface area contributed by atoms with Gasteiger partial charge >= 0.3 is 0 Å². The molecule has 11 heavy (non-hydrogen) atoms. The summed E-state index contributed by atoms with van der Waals surface area (Å²) in [5.74, 6) is 0. The third-order valence-corrected chi connectivity index (χ3v) is 1.53. The van der Waals surface area contributed by atoms with Gasteiger partial charge in [-0.1, -0.05) is 12.1 Å². The Morgan fingerprint density at radius 1 is 1.55 bits per heavy atom. The number of pyridine rings is 1. The summed E-state index contributed by atoms with van der Waals surface area (Å²) in [6.45, 7) is 0.864. The third-order valence-electron chi connectivity index (χ3n) is 1.53. The number of rotatable bonds is 2. The zero-order valence-electron chi connectivity index (χ0n) is 6.10. The highest BCUT2D eigenvalue weighted by atomic mass is 16.6. The molecule has 56 valence electrons. The molecule has 0 amide bonds. The Labute approximate surface area is 65.5 Å². The number of hydrogen-bond acceptors (Lipinski definition) is 2. The Hall–Kier alpha value is -1.15. The molecule has 1 aliphatic heterocycles. The van der Waals surface area contributed by atoms with Crippen molar-refractivity contribution in [3.05, 3.63) is 36.2 Å². The van der Waals surface area contributed by atoms with Crippen LogP contribution in [-0.2, 0) is 4.74 Å². The lowest BCUT2D eigenvalue weighted by Gasteiger charge is -1.87. The molecule has 2 heterocycles. The van der Waals surface area contributed by atoms with Crippen molar-refractivity contribution in [2.75, 3.05) is 6.61 Å². The van der Waals surface area contributed by atoms with Crippen LogP contribution in [0.3, 0.4) is 0 Å². The molecule has 0 aliphatic carbocycles. The minimum atomic E-state index is 0.344. The zero-order valence-corrected chi connectivity index (χ0v) is 6.10. The molecule has 1 aromatic rings. The van der Waals surface area contributed by atoms with Crippen molar-refractivity contribution in [3.8, 4) is 0 Å². The number of hydrogen-bond donors (Lipinski definition) is 0. The molecule has 2 rings (SSSR count). The number of epoxide rings is 1. The second-order valence-electron chi connectivity index (χ2n) is 2.49. The lowest BCUT2D eigenvalue weighted by Crippen LogP contribution is -1.78. The molecule has 1 aliphatic rings. The first-order valence-electron chi connectivity index (χ1n) is 3.66. The topological polar surface area (TPSA) is 25.4 Å². The lowest BCUT2D eigenvalue weighted by atomic mass is 10.3. The van der Waals surface area contributed by atoms with Crippen LogP contribution in [0.15, 0.2) is 30.5 Å². The van der Waals surface area contributed by atoms with Crippen LogP contribution in [0.1, 0.15) is 5.69 Å². The van der Waals surface area contributed by atoms with Crippen molar-refractivity contribution in [2.24, 2.45) is 0 Å². The maximum Gasteiger partial charge on any atom is 0.0994 e. The van der Waals surface area contributed by atoms with Gasteiger partial charge in [-0.05, 0) is 18.2 Å². The van der Waals surface area contributed by atoms with E-state index >= 15 is 0 Å². The molecule has 2 heteroatoms. The Balaban J connectivity index is 2.05. The molecule has 1 aromatic heterocycles. The highest BCUT2D eigenvalue weighted by Gasteiger charge is 2.17. The minimum Gasteiger partial charge on any atom is -0.369 e. The van der Waals surface area contributed by atoms with Gasteiger partial charge in [0.1, 0.15) is 0 Å². The SMILES string of the molecule is C(=C\C1CO1)/c1ccccn1. The van der Waals surface area contributed by atoms with Crippen LogP contribution in [0.2, 0.25) is 0 Å². The highest BCUT2D eigenvalue weighted by molar-refractivity contribution is 5.45. The van der Waals surface area contributed by atoms with Gasteiger partial charge in [-0.15, -0.1) is 0 Å². The smallest absolute Gasteiger partial charge is 0.0994 e. The van der Waals surface area contributed by atoms with E-state index in [1.807, 2.05) is 30.4 Å². The molecule has 1 unspecified atom stereocenters. The van der Waals surface area contributed by atoms with Gasteiger partial charge < -0.3 is 4.74 Å². The highest BCUT2D eigenvalue weighted by Crippen LogP contribution is 2.11. The predicted octanol–water partition coefficient (Wildman–Crippen LogP) is 1.49. The van der Waals surface area contributed by atoms with Gasteiger partial charge in [0.05, 0.1) is 18.4 Å². The standard InChI is InChI=1S/C9H9NO/c1-2-6-10-8(3-1)4-5-9-7-11-9/h1-6,9H,7H2/b5-4+. The summed E-state index contributed by atoms with van der Waals surface area (Å²) in [5.41, 5.74) is 0.989. The van der Waals surface area contributed by atoms with Crippen LogP contribution in [-0.4, -0.2) is 17.7 Å². The number of nitrogens with zero attached hydrogens (tertiary/aromatic N) is 1. The second kappa shape index (κ2) is 2.84. The maximum atomic E-state index is 5.02. The third kappa shape index (κ3) is 1.88. The maximum absolute atomic E-state index is 5.02. The Morgan fingerprint density at radius 3 is 3.09 bits per heavy atom. The van der Waals surface area contributed by atoms with E-state index in [0.717, 1.165) is 12.3 Å². The van der Waals surface area contributed by atoms with Crippen molar-refractivity contribution in [1.82, 2.24) is 4.98 Å². The molecule has 0 N–H and O–H groups in total. The van der Waals surface area contributed by atoms with Gasteiger partial charge in [0.15, 0.2) is 0 Å². The van der Waals surface area contributed by atoms with Crippen molar-refractivity contribution in [1.29, 1.82) is 0 Å². The van der Waals surface area contributed by atoms with E-state index in [4.69, 9.17) is 4.74 Å². The molecule has 0 aromatic carbocycles. The molecular formula is C9H9NO. The minimum absolute atomic E-state index is 0.344. The van der Waals surface area contributed by atoms with Gasteiger partial charge in [0.25, 0.3) is 0 Å². The summed E-state index contributed by atoms with van der Waals surface area (Å²) in [5, 5.41) is 0.